The van der Waals surface area contributed by atoms with Crippen LogP contribution in [0.4, 0.5) is 0 Å². The minimum absolute atomic E-state index is 0.207. The molecule has 1 heterocycles. The average molecular weight is 373 g/mol. The molecule has 0 spiro atoms. The van der Waals surface area contributed by atoms with E-state index in [1.54, 1.807) is 18.2 Å². The number of phenols is 1. The van der Waals surface area contributed by atoms with Gasteiger partial charge in [-0.3, -0.25) is 0 Å². The molecule has 0 amide bonds. The van der Waals surface area contributed by atoms with Gasteiger partial charge in [0, 0.05) is 11.5 Å². The van der Waals surface area contributed by atoms with Crippen LogP contribution >= 0.6 is 34.2 Å². The highest BCUT2D eigenvalue weighted by Crippen LogP contribution is 2.42. The largest absolute Gasteiger partial charge is 0.508 e. The summed E-state index contributed by atoms with van der Waals surface area (Å²) in [6, 6.07) is 6.92. The highest BCUT2D eigenvalue weighted by Gasteiger charge is 2.29. The average Bonchev–Trinajstić information content (AvgIpc) is 3.16. The normalized spacial score (nSPS) is 14.8. The van der Waals surface area contributed by atoms with Crippen LogP contribution in [0.2, 0.25) is 5.15 Å². The van der Waals surface area contributed by atoms with E-state index in [9.17, 15) is 5.11 Å². The number of hydrogen-bond donors (Lipinski definition) is 1. The Balaban J connectivity index is 2.12. The van der Waals surface area contributed by atoms with Crippen LogP contribution in [0.5, 0.6) is 5.75 Å². The smallest absolute Gasteiger partial charge is 0.161 e. The van der Waals surface area contributed by atoms with Gasteiger partial charge in [-0.1, -0.05) is 23.7 Å². The van der Waals surface area contributed by atoms with Crippen molar-refractivity contribution in [1.82, 2.24) is 9.97 Å². The topological polar surface area (TPSA) is 46.0 Å². The molecule has 2 aromatic rings. The predicted molar refractivity (Wildman–Crippen MR) is 78.8 cm³/mol. The van der Waals surface area contributed by atoms with E-state index in [0.717, 1.165) is 14.8 Å². The number of rotatable bonds is 2. The van der Waals surface area contributed by atoms with Gasteiger partial charge in [0.15, 0.2) is 5.82 Å². The monoisotopic (exact) mass is 372 g/mol. The molecule has 3 rings (SSSR count). The van der Waals surface area contributed by atoms with Crippen molar-refractivity contribution in [1.29, 1.82) is 0 Å². The molecular weight excluding hydrogens is 363 g/mol. The highest BCUT2D eigenvalue weighted by atomic mass is 127. The van der Waals surface area contributed by atoms with Crippen LogP contribution in [0.3, 0.4) is 0 Å². The second-order valence-corrected chi connectivity index (χ2v) is 5.80. The molecule has 0 bridgehead atoms. The van der Waals surface area contributed by atoms with Gasteiger partial charge in [-0.25, -0.2) is 9.97 Å². The number of phenolic OH excluding ortho intramolecular Hbond substituents is 1. The Hall–Kier alpha value is -0.880. The molecule has 1 fully saturated rings. The Morgan fingerprint density at radius 3 is 2.72 bits per heavy atom. The van der Waals surface area contributed by atoms with Gasteiger partial charge in [-0.15, -0.1) is 0 Å². The predicted octanol–water partition coefficient (Wildman–Crippen LogP) is 3.98. The third kappa shape index (κ3) is 2.31. The first-order valence-electron chi connectivity index (χ1n) is 5.67. The van der Waals surface area contributed by atoms with E-state index in [0.29, 0.717) is 16.9 Å². The Labute approximate surface area is 123 Å². The van der Waals surface area contributed by atoms with Crippen molar-refractivity contribution in [3.05, 3.63) is 38.7 Å². The van der Waals surface area contributed by atoms with E-state index < -0.39 is 0 Å². The molecular formula is C13H10ClIN2O. The number of aromatic hydroxyl groups is 1. The van der Waals surface area contributed by atoms with Gasteiger partial charge in [0.2, 0.25) is 0 Å². The van der Waals surface area contributed by atoms with Gasteiger partial charge in [0.25, 0.3) is 0 Å². The summed E-state index contributed by atoms with van der Waals surface area (Å²) in [5.41, 5.74) is 1.82. The molecule has 1 aromatic carbocycles. The summed E-state index contributed by atoms with van der Waals surface area (Å²) in [5.74, 6) is 1.31. The Morgan fingerprint density at radius 1 is 1.28 bits per heavy atom. The Bertz CT molecular complexity index is 614. The molecule has 1 aromatic heterocycles. The van der Waals surface area contributed by atoms with E-state index in [1.807, 2.05) is 6.07 Å². The Kier molecular flexibility index (Phi) is 3.15. The highest BCUT2D eigenvalue weighted by molar-refractivity contribution is 14.1. The quantitative estimate of drug-likeness (QED) is 0.640. The first-order chi connectivity index (χ1) is 8.65. The number of nitrogens with zero attached hydrogens (tertiary/aromatic N) is 2. The molecule has 92 valence electrons. The summed E-state index contributed by atoms with van der Waals surface area (Å²) in [7, 11) is 0. The standard InChI is InChI=1S/C13H10ClIN2O/c14-12-10(15)11(7-4-5-7)16-13(17-12)8-2-1-3-9(18)6-8/h1-3,6-7,18H,4-5H2. The van der Waals surface area contributed by atoms with Crippen LogP contribution in [0.15, 0.2) is 24.3 Å². The number of halogens is 2. The van der Waals surface area contributed by atoms with Gasteiger partial charge in [0.05, 0.1) is 9.26 Å². The van der Waals surface area contributed by atoms with Gasteiger partial charge in [-0.05, 0) is 47.6 Å². The second kappa shape index (κ2) is 4.66. The van der Waals surface area contributed by atoms with Crippen molar-refractivity contribution < 1.29 is 5.11 Å². The first kappa shape index (κ1) is 12.2. The molecule has 0 radical (unpaired) electrons. The molecule has 0 saturated heterocycles. The van der Waals surface area contributed by atoms with Crippen LogP contribution in [0.1, 0.15) is 24.5 Å². The fourth-order valence-electron chi connectivity index (χ4n) is 1.84. The minimum Gasteiger partial charge on any atom is -0.508 e. The van der Waals surface area contributed by atoms with Crippen LogP contribution < -0.4 is 0 Å². The summed E-state index contributed by atoms with van der Waals surface area (Å²) in [5, 5.41) is 9.99. The lowest BCUT2D eigenvalue weighted by Crippen LogP contribution is -1.99. The van der Waals surface area contributed by atoms with Crippen molar-refractivity contribution >= 4 is 34.2 Å². The molecule has 18 heavy (non-hydrogen) atoms. The summed E-state index contributed by atoms with van der Waals surface area (Å²) < 4.78 is 0.945. The van der Waals surface area contributed by atoms with Crippen LogP contribution in [0, 0.1) is 3.57 Å². The fraction of sp³-hybridized carbons (Fsp3) is 0.231. The maximum absolute atomic E-state index is 9.50. The number of benzene rings is 1. The number of hydrogen-bond acceptors (Lipinski definition) is 3. The van der Waals surface area contributed by atoms with Crippen LogP contribution in [0.25, 0.3) is 11.4 Å². The van der Waals surface area contributed by atoms with E-state index in [-0.39, 0.29) is 5.75 Å². The maximum atomic E-state index is 9.50. The molecule has 5 heteroatoms. The molecule has 0 aliphatic heterocycles. The molecule has 1 aliphatic rings. The van der Waals surface area contributed by atoms with Gasteiger partial charge in [0.1, 0.15) is 10.9 Å². The van der Waals surface area contributed by atoms with Crippen molar-refractivity contribution in [2.24, 2.45) is 0 Å². The van der Waals surface area contributed by atoms with E-state index in [4.69, 9.17) is 11.6 Å². The molecule has 1 saturated carbocycles. The fourth-order valence-corrected chi connectivity index (χ4v) is 2.70. The molecule has 0 unspecified atom stereocenters. The zero-order chi connectivity index (χ0) is 12.7. The number of aromatic nitrogens is 2. The van der Waals surface area contributed by atoms with E-state index >= 15 is 0 Å². The third-order valence-electron chi connectivity index (χ3n) is 2.90. The summed E-state index contributed by atoms with van der Waals surface area (Å²) in [6.45, 7) is 0. The zero-order valence-electron chi connectivity index (χ0n) is 9.40. The SMILES string of the molecule is Oc1cccc(-c2nc(Cl)c(I)c(C3CC3)n2)c1. The van der Waals surface area contributed by atoms with Crippen molar-refractivity contribution in [2.45, 2.75) is 18.8 Å². The van der Waals surface area contributed by atoms with E-state index in [1.165, 1.54) is 12.8 Å². The molecule has 1 aliphatic carbocycles. The van der Waals surface area contributed by atoms with Crippen LogP contribution in [-0.4, -0.2) is 15.1 Å². The lowest BCUT2D eigenvalue weighted by Gasteiger charge is -2.07. The molecule has 0 atom stereocenters. The van der Waals surface area contributed by atoms with Crippen molar-refractivity contribution in [3.63, 3.8) is 0 Å². The maximum Gasteiger partial charge on any atom is 0.161 e. The molecule has 3 nitrogen and oxygen atoms in total. The van der Waals surface area contributed by atoms with Gasteiger partial charge >= 0.3 is 0 Å². The second-order valence-electron chi connectivity index (χ2n) is 4.36. The van der Waals surface area contributed by atoms with Gasteiger partial charge < -0.3 is 5.11 Å². The Morgan fingerprint density at radius 2 is 2.06 bits per heavy atom. The van der Waals surface area contributed by atoms with Gasteiger partial charge in [-0.2, -0.15) is 0 Å². The van der Waals surface area contributed by atoms with Crippen molar-refractivity contribution in [2.75, 3.05) is 0 Å². The zero-order valence-corrected chi connectivity index (χ0v) is 12.3. The van der Waals surface area contributed by atoms with Crippen molar-refractivity contribution in [3.8, 4) is 17.1 Å². The lowest BCUT2D eigenvalue weighted by atomic mass is 10.2. The minimum atomic E-state index is 0.207. The first-order valence-corrected chi connectivity index (χ1v) is 7.13. The summed E-state index contributed by atoms with van der Waals surface area (Å²) >= 11 is 8.36. The third-order valence-corrected chi connectivity index (χ3v) is 4.56. The van der Waals surface area contributed by atoms with Crippen LogP contribution in [-0.2, 0) is 0 Å². The summed E-state index contributed by atoms with van der Waals surface area (Å²) in [4.78, 5) is 8.88. The molecule has 1 N–H and O–H groups in total. The van der Waals surface area contributed by atoms with E-state index in [2.05, 4.69) is 32.6 Å². The summed E-state index contributed by atoms with van der Waals surface area (Å²) in [6.07, 6.45) is 2.34. The lowest BCUT2D eigenvalue weighted by molar-refractivity contribution is 0.475.